The topological polar surface area (TPSA) is 96.7 Å². The van der Waals surface area contributed by atoms with Crippen LogP contribution in [-0.4, -0.2) is 43.0 Å². The first-order valence-electron chi connectivity index (χ1n) is 10.1. The number of carbonyl (C=O) groups excluding carboxylic acids is 2. The zero-order valence-corrected chi connectivity index (χ0v) is 19.3. The van der Waals surface area contributed by atoms with Crippen LogP contribution in [0.15, 0.2) is 40.3 Å². The maximum Gasteiger partial charge on any atom is 0.260 e. The predicted molar refractivity (Wildman–Crippen MR) is 124 cm³/mol. The van der Waals surface area contributed by atoms with E-state index in [4.69, 9.17) is 20.8 Å². The highest BCUT2D eigenvalue weighted by Gasteiger charge is 2.26. The molecule has 2 N–H and O–H groups in total. The van der Waals surface area contributed by atoms with Crippen molar-refractivity contribution in [1.29, 1.82) is 0 Å². The maximum atomic E-state index is 12.5. The van der Waals surface area contributed by atoms with Crippen LogP contribution in [0.4, 0.5) is 10.8 Å². The number of anilines is 2. The van der Waals surface area contributed by atoms with E-state index < -0.39 is 0 Å². The third-order valence-electron chi connectivity index (χ3n) is 5.25. The Kier molecular flexibility index (Phi) is 6.66. The fraction of sp³-hybridized carbons (Fsp3) is 0.318. The molecule has 0 radical (unpaired) electrons. The van der Waals surface area contributed by atoms with Gasteiger partial charge in [-0.25, -0.2) is 4.98 Å². The third-order valence-corrected chi connectivity index (χ3v) is 6.29. The van der Waals surface area contributed by atoms with Crippen LogP contribution in [0.5, 0.6) is 5.75 Å². The molecule has 1 aliphatic heterocycles. The van der Waals surface area contributed by atoms with E-state index in [9.17, 15) is 9.59 Å². The predicted octanol–water partition coefficient (Wildman–Crippen LogP) is 3.90. The van der Waals surface area contributed by atoms with E-state index in [1.807, 2.05) is 12.1 Å². The highest BCUT2D eigenvalue weighted by atomic mass is 35.5. The van der Waals surface area contributed by atoms with Gasteiger partial charge in [-0.15, -0.1) is 11.3 Å². The molecule has 168 valence electrons. The first kappa shape index (κ1) is 22.2. The van der Waals surface area contributed by atoms with Gasteiger partial charge in [-0.2, -0.15) is 0 Å². The van der Waals surface area contributed by atoms with E-state index in [1.54, 1.807) is 31.5 Å². The van der Waals surface area contributed by atoms with Gasteiger partial charge in [0.05, 0.1) is 36.7 Å². The molecule has 1 saturated heterocycles. The minimum atomic E-state index is -0.288. The first-order chi connectivity index (χ1) is 15.4. The van der Waals surface area contributed by atoms with Crippen molar-refractivity contribution in [1.82, 2.24) is 10.3 Å². The zero-order valence-electron chi connectivity index (χ0n) is 17.7. The Morgan fingerprint density at radius 3 is 2.97 bits per heavy atom. The number of ether oxygens (including phenoxy) is 1. The number of nitrogens with one attached hydrogen (secondary N) is 2. The van der Waals surface area contributed by atoms with Crippen LogP contribution in [0.1, 0.15) is 28.2 Å². The van der Waals surface area contributed by atoms with Crippen LogP contribution < -0.4 is 20.3 Å². The van der Waals surface area contributed by atoms with Gasteiger partial charge in [0.15, 0.2) is 5.13 Å². The fourth-order valence-corrected chi connectivity index (χ4v) is 4.55. The van der Waals surface area contributed by atoms with E-state index in [0.717, 1.165) is 24.4 Å². The second kappa shape index (κ2) is 9.62. The summed E-state index contributed by atoms with van der Waals surface area (Å²) in [5.41, 5.74) is 1.99. The Morgan fingerprint density at radius 1 is 1.38 bits per heavy atom. The molecule has 2 amide bonds. The van der Waals surface area contributed by atoms with Crippen molar-refractivity contribution < 1.29 is 18.7 Å². The molecule has 3 aromatic rings. The van der Waals surface area contributed by atoms with Crippen molar-refractivity contribution in [2.24, 2.45) is 0 Å². The number of methoxy groups -OCH3 is 1. The quantitative estimate of drug-likeness (QED) is 0.539. The van der Waals surface area contributed by atoms with Crippen molar-refractivity contribution in [3.05, 3.63) is 57.9 Å². The third kappa shape index (κ3) is 5.05. The van der Waals surface area contributed by atoms with Gasteiger partial charge in [0.2, 0.25) is 5.91 Å². The van der Waals surface area contributed by atoms with Crippen LogP contribution in [0.3, 0.4) is 0 Å². The van der Waals surface area contributed by atoms with E-state index in [0.29, 0.717) is 33.7 Å². The summed E-state index contributed by atoms with van der Waals surface area (Å²) in [5.74, 6) is 0.900. The lowest BCUT2D eigenvalue weighted by atomic mass is 10.2. The first-order valence-corrected chi connectivity index (χ1v) is 11.4. The molecule has 3 heterocycles. The molecule has 32 heavy (non-hydrogen) atoms. The second-order valence-corrected chi connectivity index (χ2v) is 8.78. The summed E-state index contributed by atoms with van der Waals surface area (Å²) in [6.07, 6.45) is 2.44. The molecule has 2 aromatic heterocycles. The Hall–Kier alpha value is -3.04. The Labute approximate surface area is 194 Å². The number of amides is 2. The summed E-state index contributed by atoms with van der Waals surface area (Å²) in [7, 11) is 1.63. The Balaban J connectivity index is 1.30. The lowest BCUT2D eigenvalue weighted by molar-refractivity contribution is -0.121. The number of carbonyl (C=O) groups is 2. The Bertz CT molecular complexity index is 1130. The van der Waals surface area contributed by atoms with Gasteiger partial charge in [-0.3, -0.25) is 14.9 Å². The molecule has 1 aromatic carbocycles. The van der Waals surface area contributed by atoms with Crippen LogP contribution in [0.25, 0.3) is 0 Å². The molecule has 0 bridgehead atoms. The van der Waals surface area contributed by atoms with Gasteiger partial charge < -0.3 is 19.4 Å². The number of furan rings is 1. The average Bonchev–Trinajstić information content (AvgIpc) is 3.50. The largest absolute Gasteiger partial charge is 0.495 e. The van der Waals surface area contributed by atoms with Crippen molar-refractivity contribution in [3.8, 4) is 5.75 Å². The molecule has 0 saturated carbocycles. The van der Waals surface area contributed by atoms with Crippen LogP contribution in [0.2, 0.25) is 5.02 Å². The standard InChI is InChI=1S/C22H23ClN4O4S/c1-13-17(6-8-31-13)21(29)26-22-25-16(12-32-22)10-20(28)24-15-5-7-27(11-15)18-9-14(23)3-4-19(18)30-2/h3-4,6,8-9,12,15H,5,7,10-11H2,1-2H3,(H,24,28)(H,25,26,29). The van der Waals surface area contributed by atoms with Gasteiger partial charge >= 0.3 is 0 Å². The molecule has 8 nitrogen and oxygen atoms in total. The highest BCUT2D eigenvalue weighted by Crippen LogP contribution is 2.33. The van der Waals surface area contributed by atoms with E-state index in [2.05, 4.69) is 20.5 Å². The van der Waals surface area contributed by atoms with Crippen molar-refractivity contribution in [2.45, 2.75) is 25.8 Å². The second-order valence-electron chi connectivity index (χ2n) is 7.48. The van der Waals surface area contributed by atoms with Crippen LogP contribution in [0, 0.1) is 6.92 Å². The molecular weight excluding hydrogens is 452 g/mol. The number of halogens is 1. The van der Waals surface area contributed by atoms with Gasteiger partial charge in [0.25, 0.3) is 5.91 Å². The molecule has 10 heteroatoms. The molecule has 4 rings (SSSR count). The number of thiazole rings is 1. The number of benzene rings is 1. The van der Waals surface area contributed by atoms with Crippen molar-refractivity contribution in [3.63, 3.8) is 0 Å². The summed E-state index contributed by atoms with van der Waals surface area (Å²) >= 11 is 7.43. The average molecular weight is 475 g/mol. The van der Waals surface area contributed by atoms with Crippen molar-refractivity contribution in [2.75, 3.05) is 30.4 Å². The van der Waals surface area contributed by atoms with E-state index in [1.165, 1.54) is 17.6 Å². The van der Waals surface area contributed by atoms with Gasteiger partial charge in [-0.05, 0) is 37.6 Å². The summed E-state index contributed by atoms with van der Waals surface area (Å²) in [6, 6.07) is 7.14. The minimum absolute atomic E-state index is 0.0214. The Morgan fingerprint density at radius 2 is 2.22 bits per heavy atom. The zero-order chi connectivity index (χ0) is 22.7. The van der Waals surface area contributed by atoms with E-state index in [-0.39, 0.29) is 24.3 Å². The molecular formula is C22H23ClN4O4S. The number of hydrogen-bond acceptors (Lipinski definition) is 7. The maximum absolute atomic E-state index is 12.5. The van der Waals surface area contributed by atoms with E-state index >= 15 is 0 Å². The molecule has 0 aliphatic carbocycles. The van der Waals surface area contributed by atoms with Gasteiger partial charge in [0.1, 0.15) is 11.5 Å². The van der Waals surface area contributed by atoms with Gasteiger partial charge in [0, 0.05) is 29.5 Å². The number of hydrogen-bond donors (Lipinski definition) is 2. The number of aryl methyl sites for hydroxylation is 1. The lowest BCUT2D eigenvalue weighted by Crippen LogP contribution is -2.38. The molecule has 1 atom stereocenters. The molecule has 1 aliphatic rings. The van der Waals surface area contributed by atoms with Crippen LogP contribution in [-0.2, 0) is 11.2 Å². The molecule has 1 unspecified atom stereocenters. The number of nitrogens with zero attached hydrogens (tertiary/aromatic N) is 2. The number of rotatable bonds is 7. The normalized spacial score (nSPS) is 15.6. The highest BCUT2D eigenvalue weighted by molar-refractivity contribution is 7.14. The molecule has 0 spiro atoms. The summed E-state index contributed by atoms with van der Waals surface area (Å²) < 4.78 is 10.6. The monoisotopic (exact) mass is 474 g/mol. The van der Waals surface area contributed by atoms with Crippen molar-refractivity contribution >= 4 is 45.6 Å². The summed E-state index contributed by atoms with van der Waals surface area (Å²) in [4.78, 5) is 31.3. The fourth-order valence-electron chi connectivity index (χ4n) is 3.68. The number of aromatic nitrogens is 1. The smallest absolute Gasteiger partial charge is 0.260 e. The summed E-state index contributed by atoms with van der Waals surface area (Å²) in [6.45, 7) is 3.19. The minimum Gasteiger partial charge on any atom is -0.495 e. The lowest BCUT2D eigenvalue weighted by Gasteiger charge is -2.21. The van der Waals surface area contributed by atoms with Gasteiger partial charge in [-0.1, -0.05) is 11.6 Å². The molecule has 1 fully saturated rings. The summed E-state index contributed by atoms with van der Waals surface area (Å²) in [5, 5.41) is 8.67. The SMILES string of the molecule is COc1ccc(Cl)cc1N1CCC(NC(=O)Cc2csc(NC(=O)c3ccoc3C)n2)C1. The van der Waals surface area contributed by atoms with Crippen LogP contribution >= 0.6 is 22.9 Å².